The summed E-state index contributed by atoms with van der Waals surface area (Å²) in [7, 11) is 0. The highest BCUT2D eigenvalue weighted by Gasteiger charge is 2.29. The number of benzene rings is 3. The predicted molar refractivity (Wildman–Crippen MR) is 159 cm³/mol. The number of anilines is 1. The molecule has 0 aliphatic carbocycles. The van der Waals surface area contributed by atoms with Crippen LogP contribution in [0.15, 0.2) is 91.0 Å². The number of carbonyl (C=O) groups is 2. The number of hydrogen-bond donors (Lipinski definition) is 0. The first-order chi connectivity index (χ1) is 20.6. The molecule has 3 aromatic carbocycles. The topological polar surface area (TPSA) is 88.1 Å². The first kappa shape index (κ1) is 27.3. The maximum Gasteiger partial charge on any atom is 0.254 e. The van der Waals surface area contributed by atoms with Gasteiger partial charge in [0, 0.05) is 37.3 Å². The van der Waals surface area contributed by atoms with Crippen molar-refractivity contribution in [1.29, 1.82) is 0 Å². The molecule has 2 aliphatic rings. The third-order valence-electron chi connectivity index (χ3n) is 7.83. The van der Waals surface area contributed by atoms with Gasteiger partial charge in [0.1, 0.15) is 6.54 Å². The van der Waals surface area contributed by atoms with Gasteiger partial charge >= 0.3 is 0 Å². The van der Waals surface area contributed by atoms with E-state index < -0.39 is 0 Å². The van der Waals surface area contributed by atoms with Crippen LogP contribution in [0.4, 0.5) is 5.82 Å². The van der Waals surface area contributed by atoms with E-state index in [1.54, 1.807) is 23.1 Å². The third-order valence-corrected chi connectivity index (χ3v) is 7.83. The molecule has 6 rings (SSSR count). The molecule has 0 saturated carbocycles. The average molecular weight is 564 g/mol. The van der Waals surface area contributed by atoms with Crippen LogP contribution in [0.1, 0.15) is 35.3 Å². The molecule has 1 fully saturated rings. The van der Waals surface area contributed by atoms with Gasteiger partial charge in [0.2, 0.25) is 12.7 Å². The molecule has 1 atom stereocenters. The molecule has 0 N–H and O–H groups in total. The molecule has 214 valence electrons. The minimum atomic E-state index is -0.310. The highest BCUT2D eigenvalue weighted by atomic mass is 16.7. The van der Waals surface area contributed by atoms with Gasteiger partial charge in [-0.05, 0) is 49.2 Å². The number of rotatable bonds is 7. The summed E-state index contributed by atoms with van der Waals surface area (Å²) in [4.78, 5) is 33.2. The van der Waals surface area contributed by atoms with E-state index in [-0.39, 0.29) is 31.2 Å². The monoisotopic (exact) mass is 563 g/mol. The fourth-order valence-electron chi connectivity index (χ4n) is 5.39. The number of nitrogens with zero attached hydrogens (tertiary/aromatic N) is 5. The normalized spacial score (nSPS) is 15.2. The molecule has 42 heavy (non-hydrogen) atoms. The van der Waals surface area contributed by atoms with Crippen molar-refractivity contribution >= 4 is 17.6 Å². The molecule has 0 bridgehead atoms. The van der Waals surface area contributed by atoms with E-state index in [2.05, 4.69) is 15.1 Å². The van der Waals surface area contributed by atoms with Gasteiger partial charge in [-0.25, -0.2) is 0 Å². The maximum atomic E-state index is 13.8. The second-order valence-corrected chi connectivity index (χ2v) is 10.5. The number of fused-ring (bicyclic) bond motifs is 1. The summed E-state index contributed by atoms with van der Waals surface area (Å²) in [6.45, 7) is 4.59. The Bertz CT molecular complexity index is 1530. The van der Waals surface area contributed by atoms with Gasteiger partial charge in [0.15, 0.2) is 17.3 Å². The third kappa shape index (κ3) is 5.90. The van der Waals surface area contributed by atoms with Crippen LogP contribution >= 0.6 is 0 Å². The highest BCUT2D eigenvalue weighted by Crippen LogP contribution is 2.33. The van der Waals surface area contributed by atoms with Crippen molar-refractivity contribution < 1.29 is 19.1 Å². The summed E-state index contributed by atoms with van der Waals surface area (Å²) in [5.41, 5.74) is 3.26. The number of amides is 2. The van der Waals surface area contributed by atoms with Crippen LogP contribution in [0.3, 0.4) is 0 Å². The van der Waals surface area contributed by atoms with E-state index >= 15 is 0 Å². The van der Waals surface area contributed by atoms with Gasteiger partial charge < -0.3 is 24.2 Å². The van der Waals surface area contributed by atoms with Gasteiger partial charge in [0.25, 0.3) is 5.91 Å². The zero-order valence-electron chi connectivity index (χ0n) is 23.6. The maximum absolute atomic E-state index is 13.8. The summed E-state index contributed by atoms with van der Waals surface area (Å²) in [5, 5.41) is 8.91. The fourth-order valence-corrected chi connectivity index (χ4v) is 5.39. The predicted octanol–water partition coefficient (Wildman–Crippen LogP) is 4.81. The summed E-state index contributed by atoms with van der Waals surface area (Å²) < 4.78 is 10.9. The number of hydrogen-bond acceptors (Lipinski definition) is 7. The standard InChI is InChI=1S/C33H33N5O4/c1-24(25-9-4-2-5-10-25)38(33(40)27-13-15-29-30(21-27)42-23-41-29)22-32(39)37-18-8-17-36(19-20-37)31-16-14-28(34-35-31)26-11-6-3-7-12-26/h2-7,9-16,21,24H,8,17-20,22-23H2,1H3. The molecule has 9 heteroatoms. The molecule has 4 aromatic rings. The molecular formula is C33H33N5O4. The molecule has 1 saturated heterocycles. The molecule has 3 heterocycles. The van der Waals surface area contributed by atoms with E-state index in [4.69, 9.17) is 9.47 Å². The van der Waals surface area contributed by atoms with E-state index in [1.807, 2.05) is 84.6 Å². The first-order valence-electron chi connectivity index (χ1n) is 14.2. The largest absolute Gasteiger partial charge is 0.454 e. The van der Waals surface area contributed by atoms with Crippen molar-refractivity contribution in [2.75, 3.05) is 44.4 Å². The fraction of sp³-hybridized carbons (Fsp3) is 0.273. The summed E-state index contributed by atoms with van der Waals surface area (Å²) in [5.74, 6) is 1.62. The zero-order chi connectivity index (χ0) is 28.9. The van der Waals surface area contributed by atoms with Crippen molar-refractivity contribution in [2.24, 2.45) is 0 Å². The summed E-state index contributed by atoms with van der Waals surface area (Å²) in [6.07, 6.45) is 0.790. The molecule has 1 aromatic heterocycles. The van der Waals surface area contributed by atoms with E-state index in [0.29, 0.717) is 36.7 Å². The van der Waals surface area contributed by atoms with Crippen LogP contribution in [0.25, 0.3) is 11.3 Å². The zero-order valence-corrected chi connectivity index (χ0v) is 23.6. The van der Waals surface area contributed by atoms with Gasteiger partial charge in [0.05, 0.1) is 11.7 Å². The Hall–Kier alpha value is -4.92. The van der Waals surface area contributed by atoms with Crippen LogP contribution in [-0.4, -0.2) is 71.3 Å². The first-order valence-corrected chi connectivity index (χ1v) is 14.2. The van der Waals surface area contributed by atoms with Crippen molar-refractivity contribution in [3.8, 4) is 22.8 Å². The van der Waals surface area contributed by atoms with Crippen LogP contribution in [0, 0.1) is 0 Å². The van der Waals surface area contributed by atoms with Gasteiger partial charge in [-0.2, -0.15) is 0 Å². The van der Waals surface area contributed by atoms with Crippen LogP contribution in [0.2, 0.25) is 0 Å². The number of aromatic nitrogens is 2. The van der Waals surface area contributed by atoms with Crippen LogP contribution in [0.5, 0.6) is 11.5 Å². The van der Waals surface area contributed by atoms with Crippen molar-refractivity contribution in [3.63, 3.8) is 0 Å². The molecule has 2 aliphatic heterocycles. The number of carbonyl (C=O) groups excluding carboxylic acids is 2. The Morgan fingerprint density at radius 3 is 2.36 bits per heavy atom. The van der Waals surface area contributed by atoms with Gasteiger partial charge in [-0.1, -0.05) is 60.7 Å². The lowest BCUT2D eigenvalue weighted by atomic mass is 10.0. The molecular weight excluding hydrogens is 530 g/mol. The van der Waals surface area contributed by atoms with Crippen molar-refractivity contribution in [2.45, 2.75) is 19.4 Å². The molecule has 9 nitrogen and oxygen atoms in total. The van der Waals surface area contributed by atoms with E-state index in [0.717, 1.165) is 35.6 Å². The highest BCUT2D eigenvalue weighted by molar-refractivity contribution is 5.97. The minimum Gasteiger partial charge on any atom is -0.454 e. The Balaban J connectivity index is 1.15. The van der Waals surface area contributed by atoms with Crippen LogP contribution in [-0.2, 0) is 4.79 Å². The van der Waals surface area contributed by atoms with Crippen LogP contribution < -0.4 is 14.4 Å². The quantitative estimate of drug-likeness (QED) is 0.319. The van der Waals surface area contributed by atoms with Crippen molar-refractivity contribution in [3.05, 3.63) is 102 Å². The van der Waals surface area contributed by atoms with E-state index in [9.17, 15) is 9.59 Å². The lowest BCUT2D eigenvalue weighted by molar-refractivity contribution is -0.132. The minimum absolute atomic E-state index is 0.0328. The average Bonchev–Trinajstić information content (AvgIpc) is 3.38. The summed E-state index contributed by atoms with van der Waals surface area (Å²) in [6, 6.07) is 28.5. The van der Waals surface area contributed by atoms with Gasteiger partial charge in [-0.15, -0.1) is 10.2 Å². The van der Waals surface area contributed by atoms with E-state index in [1.165, 1.54) is 0 Å². The summed E-state index contributed by atoms with van der Waals surface area (Å²) >= 11 is 0. The lowest BCUT2D eigenvalue weighted by Gasteiger charge is -2.32. The second kappa shape index (κ2) is 12.3. The molecule has 0 spiro atoms. The second-order valence-electron chi connectivity index (χ2n) is 10.5. The Morgan fingerprint density at radius 2 is 1.60 bits per heavy atom. The Kier molecular flexibility index (Phi) is 7.98. The molecule has 0 radical (unpaired) electrons. The number of ether oxygens (including phenoxy) is 2. The molecule has 2 amide bonds. The Labute approximate surface area is 245 Å². The smallest absolute Gasteiger partial charge is 0.254 e. The lowest BCUT2D eigenvalue weighted by Crippen LogP contribution is -2.45. The Morgan fingerprint density at radius 1 is 0.833 bits per heavy atom. The van der Waals surface area contributed by atoms with Crippen molar-refractivity contribution in [1.82, 2.24) is 20.0 Å². The van der Waals surface area contributed by atoms with Gasteiger partial charge in [-0.3, -0.25) is 9.59 Å². The SMILES string of the molecule is CC(c1ccccc1)N(CC(=O)N1CCCN(c2ccc(-c3ccccc3)nn2)CC1)C(=O)c1ccc2c(c1)OCO2. The molecule has 1 unspecified atom stereocenters.